The zero-order chi connectivity index (χ0) is 21.0. The molecule has 0 saturated carbocycles. The number of nitrogens with one attached hydrogen (secondary N) is 2. The van der Waals surface area contributed by atoms with Crippen LogP contribution in [0.3, 0.4) is 0 Å². The molecule has 1 aromatic rings. The first kappa shape index (κ1) is 21.2. The van der Waals surface area contributed by atoms with Crippen molar-refractivity contribution in [2.45, 2.75) is 33.2 Å². The predicted octanol–water partition coefficient (Wildman–Crippen LogP) is 2.84. The molecule has 0 bridgehead atoms. The average molecular weight is 402 g/mol. The van der Waals surface area contributed by atoms with Crippen molar-refractivity contribution in [1.29, 1.82) is 0 Å². The number of nitrogens with zero attached hydrogens (tertiary/aromatic N) is 1. The Morgan fingerprint density at radius 1 is 1.17 bits per heavy atom. The van der Waals surface area contributed by atoms with Crippen LogP contribution in [0.1, 0.15) is 38.8 Å². The number of piperidine rings is 1. The number of methoxy groups -OCH3 is 1. The molecule has 7 nitrogen and oxygen atoms in total. The first-order valence-electron chi connectivity index (χ1n) is 10.2. The number of ether oxygens (including phenoxy) is 2. The molecule has 29 heavy (non-hydrogen) atoms. The molecule has 0 unspecified atom stereocenters. The van der Waals surface area contributed by atoms with Crippen LogP contribution in [0.25, 0.3) is 0 Å². The number of hydrogen-bond acceptors (Lipinski definition) is 5. The summed E-state index contributed by atoms with van der Waals surface area (Å²) in [5.41, 5.74) is 1.89. The van der Waals surface area contributed by atoms with Gasteiger partial charge in [-0.15, -0.1) is 0 Å². The van der Waals surface area contributed by atoms with Gasteiger partial charge in [0.2, 0.25) is 0 Å². The molecule has 7 heteroatoms. The maximum absolute atomic E-state index is 12.9. The van der Waals surface area contributed by atoms with Crippen LogP contribution in [-0.4, -0.2) is 50.3 Å². The fourth-order valence-electron chi connectivity index (χ4n) is 4.38. The van der Waals surface area contributed by atoms with Crippen LogP contribution in [0, 0.1) is 11.8 Å². The molecule has 2 amide bonds. The van der Waals surface area contributed by atoms with E-state index in [0.717, 1.165) is 18.7 Å². The minimum atomic E-state index is -0.566. The Hall–Kier alpha value is -2.54. The van der Waals surface area contributed by atoms with E-state index in [1.54, 1.807) is 14.0 Å². The summed E-state index contributed by atoms with van der Waals surface area (Å²) >= 11 is 0. The van der Waals surface area contributed by atoms with E-state index in [1.807, 2.05) is 24.3 Å². The smallest absolute Gasteiger partial charge is 0.338 e. The van der Waals surface area contributed by atoms with Crippen LogP contribution >= 0.6 is 0 Å². The van der Waals surface area contributed by atoms with E-state index in [4.69, 9.17) is 9.47 Å². The molecule has 0 spiro atoms. The molecule has 3 atom stereocenters. The third-order valence-corrected chi connectivity index (χ3v) is 5.42. The second-order valence-corrected chi connectivity index (χ2v) is 8.06. The lowest BCUT2D eigenvalue weighted by Crippen LogP contribution is -2.50. The summed E-state index contributed by atoms with van der Waals surface area (Å²) < 4.78 is 10.6. The van der Waals surface area contributed by atoms with Gasteiger partial charge in [-0.3, -0.25) is 4.90 Å². The third kappa shape index (κ3) is 5.09. The van der Waals surface area contributed by atoms with Gasteiger partial charge in [-0.05, 0) is 42.9 Å². The van der Waals surface area contributed by atoms with Crippen molar-refractivity contribution in [3.05, 3.63) is 41.1 Å². The Labute approximate surface area is 172 Å². The van der Waals surface area contributed by atoms with Gasteiger partial charge in [-0.25, -0.2) is 9.59 Å². The molecule has 3 rings (SSSR count). The zero-order valence-corrected chi connectivity index (χ0v) is 17.7. The summed E-state index contributed by atoms with van der Waals surface area (Å²) in [6.07, 6.45) is 1.20. The quantitative estimate of drug-likeness (QED) is 0.717. The molecule has 1 saturated heterocycles. The molecule has 0 aliphatic carbocycles. The van der Waals surface area contributed by atoms with E-state index in [2.05, 4.69) is 29.4 Å². The number of rotatable bonds is 6. The van der Waals surface area contributed by atoms with Gasteiger partial charge in [-0.2, -0.15) is 0 Å². The van der Waals surface area contributed by atoms with Crippen LogP contribution in [0.5, 0.6) is 5.75 Å². The fraction of sp³-hybridized carbons (Fsp3) is 0.545. The number of benzene rings is 1. The number of carbonyl (C=O) groups excluding carboxylic acids is 2. The Kier molecular flexibility index (Phi) is 6.79. The van der Waals surface area contributed by atoms with E-state index >= 15 is 0 Å². The van der Waals surface area contributed by atoms with E-state index in [-0.39, 0.29) is 12.6 Å². The second kappa shape index (κ2) is 9.31. The highest BCUT2D eigenvalue weighted by Gasteiger charge is 2.35. The Morgan fingerprint density at radius 3 is 2.41 bits per heavy atom. The molecular weight excluding hydrogens is 370 g/mol. The van der Waals surface area contributed by atoms with Gasteiger partial charge < -0.3 is 20.1 Å². The number of likely N-dealkylation sites (tertiary alicyclic amines) is 1. The Bertz CT molecular complexity index is 765. The highest BCUT2D eigenvalue weighted by Crippen LogP contribution is 2.30. The summed E-state index contributed by atoms with van der Waals surface area (Å²) in [6, 6.07) is 6.48. The van der Waals surface area contributed by atoms with E-state index in [9.17, 15) is 9.59 Å². The lowest BCUT2D eigenvalue weighted by molar-refractivity contribution is -0.139. The van der Waals surface area contributed by atoms with E-state index < -0.39 is 12.0 Å². The summed E-state index contributed by atoms with van der Waals surface area (Å²) in [7, 11) is 1.60. The second-order valence-electron chi connectivity index (χ2n) is 8.06. The highest BCUT2D eigenvalue weighted by atomic mass is 16.5. The van der Waals surface area contributed by atoms with Crippen molar-refractivity contribution in [2.24, 2.45) is 11.8 Å². The van der Waals surface area contributed by atoms with Crippen LogP contribution < -0.4 is 15.4 Å². The molecule has 2 N–H and O–H groups in total. The summed E-state index contributed by atoms with van der Waals surface area (Å²) in [4.78, 5) is 27.6. The normalized spacial score (nSPS) is 25.2. The number of hydrogen-bond donors (Lipinski definition) is 2. The van der Waals surface area contributed by atoms with Crippen LogP contribution in [-0.2, 0) is 9.53 Å². The van der Waals surface area contributed by atoms with Crippen molar-refractivity contribution in [3.8, 4) is 5.75 Å². The standard InChI is InChI=1S/C22H31N3O4/c1-5-29-21(26)19-18(13-25-11-14(2)10-15(3)12-25)23-22(27)24-20(19)16-6-8-17(28-4)9-7-16/h6-9,14-15,20H,5,10-13H2,1-4H3,(H2,23,24,27)/t14-,15+,20-/m1/s1. The highest BCUT2D eigenvalue weighted by molar-refractivity contribution is 5.95. The fourth-order valence-corrected chi connectivity index (χ4v) is 4.38. The minimum Gasteiger partial charge on any atom is -0.497 e. The monoisotopic (exact) mass is 401 g/mol. The first-order valence-corrected chi connectivity index (χ1v) is 10.2. The van der Waals surface area contributed by atoms with Gasteiger partial charge in [0, 0.05) is 25.3 Å². The molecule has 1 aromatic carbocycles. The first-order chi connectivity index (χ1) is 13.9. The topological polar surface area (TPSA) is 79.9 Å². The third-order valence-electron chi connectivity index (χ3n) is 5.42. The number of carbonyl (C=O) groups is 2. The SMILES string of the molecule is CCOC(=O)C1=C(CN2C[C@H](C)C[C@H](C)C2)NC(=O)N[C@@H]1c1ccc(OC)cc1. The molecule has 0 aromatic heterocycles. The summed E-state index contributed by atoms with van der Waals surface area (Å²) in [6.45, 7) is 8.94. The predicted molar refractivity (Wildman–Crippen MR) is 110 cm³/mol. The van der Waals surface area contributed by atoms with Crippen molar-refractivity contribution >= 4 is 12.0 Å². The molecule has 2 aliphatic rings. The van der Waals surface area contributed by atoms with Crippen LogP contribution in [0.2, 0.25) is 0 Å². The van der Waals surface area contributed by atoms with Gasteiger partial charge in [0.15, 0.2) is 0 Å². The lowest BCUT2D eigenvalue weighted by Gasteiger charge is -2.37. The summed E-state index contributed by atoms with van der Waals surface area (Å²) in [5.74, 6) is 1.47. The molecule has 2 aliphatic heterocycles. The van der Waals surface area contributed by atoms with E-state index in [0.29, 0.717) is 35.4 Å². The van der Waals surface area contributed by atoms with Gasteiger partial charge in [0.25, 0.3) is 0 Å². The number of esters is 1. The van der Waals surface area contributed by atoms with Crippen LogP contribution in [0.15, 0.2) is 35.5 Å². The van der Waals surface area contributed by atoms with Crippen molar-refractivity contribution in [2.75, 3.05) is 33.4 Å². The molecule has 2 heterocycles. The maximum Gasteiger partial charge on any atom is 0.338 e. The molecular formula is C22H31N3O4. The maximum atomic E-state index is 12.9. The minimum absolute atomic E-state index is 0.274. The molecule has 1 fully saturated rings. The largest absolute Gasteiger partial charge is 0.497 e. The Morgan fingerprint density at radius 2 is 1.83 bits per heavy atom. The molecule has 158 valence electrons. The zero-order valence-electron chi connectivity index (χ0n) is 17.7. The van der Waals surface area contributed by atoms with Gasteiger partial charge >= 0.3 is 12.0 Å². The van der Waals surface area contributed by atoms with E-state index in [1.165, 1.54) is 6.42 Å². The van der Waals surface area contributed by atoms with Gasteiger partial charge in [0.1, 0.15) is 5.75 Å². The van der Waals surface area contributed by atoms with Crippen molar-refractivity contribution in [3.63, 3.8) is 0 Å². The van der Waals surface area contributed by atoms with Crippen LogP contribution in [0.4, 0.5) is 4.79 Å². The van der Waals surface area contributed by atoms with Gasteiger partial charge in [-0.1, -0.05) is 26.0 Å². The number of urea groups is 1. The Balaban J connectivity index is 1.96. The average Bonchev–Trinajstić information content (AvgIpc) is 2.67. The number of amides is 2. The van der Waals surface area contributed by atoms with Crippen molar-refractivity contribution in [1.82, 2.24) is 15.5 Å². The lowest BCUT2D eigenvalue weighted by atomic mass is 9.91. The van der Waals surface area contributed by atoms with Crippen molar-refractivity contribution < 1.29 is 19.1 Å². The van der Waals surface area contributed by atoms with Gasteiger partial charge in [0.05, 0.1) is 25.3 Å². The summed E-state index contributed by atoms with van der Waals surface area (Å²) in [5, 5.41) is 5.74. The molecule has 0 radical (unpaired) electrons.